The van der Waals surface area contributed by atoms with Gasteiger partial charge in [0.2, 0.25) is 0 Å². The first-order valence-corrected chi connectivity index (χ1v) is 9.48. The van der Waals surface area contributed by atoms with Gasteiger partial charge in [0.15, 0.2) is 0 Å². The number of alkyl halides is 3. The summed E-state index contributed by atoms with van der Waals surface area (Å²) in [5, 5.41) is 0. The van der Waals surface area contributed by atoms with E-state index in [2.05, 4.69) is 9.47 Å². The Morgan fingerprint density at radius 2 is 1.35 bits per heavy atom. The Kier molecular flexibility index (Phi) is 6.19. The third-order valence-corrected chi connectivity index (χ3v) is 5.16. The summed E-state index contributed by atoms with van der Waals surface area (Å²) >= 11 is 0. The van der Waals surface area contributed by atoms with Crippen LogP contribution in [0.5, 0.6) is 0 Å². The van der Waals surface area contributed by atoms with Crippen molar-refractivity contribution in [1.29, 1.82) is 0 Å². The van der Waals surface area contributed by atoms with E-state index in [9.17, 15) is 22.8 Å². The number of hydrogen-bond acceptors (Lipinski definition) is 7. The van der Waals surface area contributed by atoms with Crippen LogP contribution < -0.4 is 0 Å². The van der Waals surface area contributed by atoms with Gasteiger partial charge in [0.1, 0.15) is 17.4 Å². The van der Waals surface area contributed by atoms with E-state index in [0.717, 1.165) is 39.2 Å². The van der Waals surface area contributed by atoms with Crippen molar-refractivity contribution < 1.29 is 41.7 Å². The van der Waals surface area contributed by atoms with Crippen LogP contribution >= 0.6 is 0 Å². The summed E-state index contributed by atoms with van der Waals surface area (Å²) in [6, 6.07) is 4.46. The molecule has 3 rings (SSSR count). The molecule has 0 bridgehead atoms. The molecule has 10 heteroatoms. The summed E-state index contributed by atoms with van der Waals surface area (Å²) in [5.41, 5.74) is 0.652. The van der Waals surface area contributed by atoms with Crippen LogP contribution in [0.2, 0.25) is 0 Å². The molecule has 0 saturated heterocycles. The Bertz CT molecular complexity index is 889. The van der Waals surface area contributed by atoms with E-state index in [-0.39, 0.29) is 17.6 Å². The van der Waals surface area contributed by atoms with Crippen LogP contribution in [0, 0.1) is 0 Å². The highest BCUT2D eigenvalue weighted by Crippen LogP contribution is 2.47. The van der Waals surface area contributed by atoms with Gasteiger partial charge in [0.25, 0.3) is 0 Å². The zero-order valence-electron chi connectivity index (χ0n) is 17.4. The Balaban J connectivity index is 2.14. The molecule has 1 saturated carbocycles. The predicted octanol–water partition coefficient (Wildman–Crippen LogP) is 5.30. The number of carbonyl (C=O) groups is 2. The number of carbonyl (C=O) groups excluding carboxylic acids is 2. The third-order valence-electron chi connectivity index (χ3n) is 5.16. The molecule has 1 aliphatic carbocycles. The lowest BCUT2D eigenvalue weighted by Gasteiger charge is -2.37. The average molecular weight is 441 g/mol. The average Bonchev–Trinajstić information content (AvgIpc) is 3.56. The maximum atomic E-state index is 13.0. The molecule has 1 fully saturated rings. The van der Waals surface area contributed by atoms with Crippen LogP contribution in [-0.4, -0.2) is 37.5 Å². The Hall–Kier alpha value is -3.17. The lowest BCUT2D eigenvalue weighted by atomic mass is 9.89. The summed E-state index contributed by atoms with van der Waals surface area (Å²) in [5.74, 6) is -0.762. The van der Waals surface area contributed by atoms with Crippen molar-refractivity contribution in [3.05, 3.63) is 58.3 Å². The van der Waals surface area contributed by atoms with Gasteiger partial charge in [-0.15, -0.1) is 0 Å². The van der Waals surface area contributed by atoms with Crippen molar-refractivity contribution in [3.8, 4) is 0 Å². The first-order valence-electron chi connectivity index (χ1n) is 9.48. The fraction of sp³-hybridized carbons (Fsp3) is 0.429. The number of benzene rings is 1. The minimum Gasteiger partial charge on any atom is -0.437 e. The van der Waals surface area contributed by atoms with E-state index < -0.39 is 30.0 Å². The van der Waals surface area contributed by atoms with Crippen LogP contribution in [0.4, 0.5) is 22.8 Å². The molecule has 0 amide bonds. The van der Waals surface area contributed by atoms with Crippen molar-refractivity contribution in [2.75, 3.05) is 14.2 Å². The first-order chi connectivity index (χ1) is 14.6. The standard InChI is InChI=1S/C21H22F3NO6/c1-11-17(30-19(26)28-3)16(13-5-7-14(8-6-13)21(22,23)24)18(31-20(27)29-4)12(2)25(11)15-9-10-15/h5-8,15-16H,9-10H2,1-4H3. The van der Waals surface area contributed by atoms with E-state index in [1.54, 1.807) is 13.8 Å². The van der Waals surface area contributed by atoms with Crippen molar-refractivity contribution in [3.63, 3.8) is 0 Å². The van der Waals surface area contributed by atoms with Crippen LogP contribution in [0.15, 0.2) is 47.2 Å². The molecule has 31 heavy (non-hydrogen) atoms. The zero-order chi connectivity index (χ0) is 22.9. The van der Waals surface area contributed by atoms with Gasteiger partial charge in [0, 0.05) is 6.04 Å². The van der Waals surface area contributed by atoms with Crippen LogP contribution in [0.25, 0.3) is 0 Å². The van der Waals surface area contributed by atoms with Gasteiger partial charge < -0.3 is 23.8 Å². The highest BCUT2D eigenvalue weighted by molar-refractivity contribution is 5.65. The zero-order valence-corrected chi connectivity index (χ0v) is 17.4. The number of allylic oxidation sites excluding steroid dienone is 2. The van der Waals surface area contributed by atoms with Crippen molar-refractivity contribution in [2.45, 2.75) is 44.8 Å². The minimum atomic E-state index is -4.51. The van der Waals surface area contributed by atoms with E-state index in [0.29, 0.717) is 17.0 Å². The number of halogens is 3. The largest absolute Gasteiger partial charge is 0.513 e. The van der Waals surface area contributed by atoms with Crippen LogP contribution in [-0.2, 0) is 25.1 Å². The minimum absolute atomic E-state index is 0.100. The summed E-state index contributed by atoms with van der Waals surface area (Å²) in [7, 11) is 2.28. The van der Waals surface area contributed by atoms with E-state index >= 15 is 0 Å². The summed E-state index contributed by atoms with van der Waals surface area (Å²) in [6.45, 7) is 3.46. The van der Waals surface area contributed by atoms with E-state index in [1.807, 2.05) is 4.90 Å². The highest BCUT2D eigenvalue weighted by atomic mass is 19.4. The summed E-state index contributed by atoms with van der Waals surface area (Å²) < 4.78 is 59.1. The molecule has 0 N–H and O–H groups in total. The fourth-order valence-electron chi connectivity index (χ4n) is 3.60. The second-order valence-electron chi connectivity index (χ2n) is 7.17. The lowest BCUT2D eigenvalue weighted by molar-refractivity contribution is -0.137. The Labute approximate surface area is 177 Å². The molecule has 0 unspecified atom stereocenters. The number of methoxy groups -OCH3 is 2. The summed E-state index contributed by atoms with van der Waals surface area (Å²) in [6.07, 6.45) is -4.74. The van der Waals surface area contributed by atoms with Gasteiger partial charge in [0.05, 0.1) is 31.2 Å². The number of hydrogen-bond donors (Lipinski definition) is 0. The molecule has 7 nitrogen and oxygen atoms in total. The number of ether oxygens (including phenoxy) is 4. The molecule has 1 aromatic carbocycles. The second kappa shape index (κ2) is 8.52. The SMILES string of the molecule is COC(=O)OC1=C(C)N(C2CC2)C(C)=C(OC(=O)OC)C1c1ccc(C(F)(F)F)cc1. The van der Waals surface area contributed by atoms with Crippen molar-refractivity contribution >= 4 is 12.3 Å². The van der Waals surface area contributed by atoms with Gasteiger partial charge >= 0.3 is 18.5 Å². The molecule has 1 aromatic rings. The van der Waals surface area contributed by atoms with Gasteiger partial charge in [-0.25, -0.2) is 9.59 Å². The van der Waals surface area contributed by atoms with Crippen LogP contribution in [0.1, 0.15) is 43.7 Å². The summed E-state index contributed by atoms with van der Waals surface area (Å²) in [4.78, 5) is 25.8. The molecular formula is C21H22F3NO6. The van der Waals surface area contributed by atoms with Gasteiger partial charge in [-0.1, -0.05) is 12.1 Å². The monoisotopic (exact) mass is 441 g/mol. The molecular weight excluding hydrogens is 419 g/mol. The molecule has 168 valence electrons. The predicted molar refractivity (Wildman–Crippen MR) is 101 cm³/mol. The second-order valence-corrected chi connectivity index (χ2v) is 7.17. The molecule has 0 radical (unpaired) electrons. The number of rotatable bonds is 4. The highest BCUT2D eigenvalue weighted by Gasteiger charge is 2.43. The van der Waals surface area contributed by atoms with Gasteiger partial charge in [-0.05, 0) is 44.4 Å². The smallest absolute Gasteiger partial charge is 0.437 e. The first kappa shape index (κ1) is 22.5. The van der Waals surface area contributed by atoms with Gasteiger partial charge in [-0.2, -0.15) is 13.2 Å². The molecule has 0 atom stereocenters. The van der Waals surface area contributed by atoms with Crippen molar-refractivity contribution in [2.24, 2.45) is 0 Å². The van der Waals surface area contributed by atoms with Crippen molar-refractivity contribution in [1.82, 2.24) is 4.90 Å². The van der Waals surface area contributed by atoms with E-state index in [1.165, 1.54) is 12.1 Å². The topological polar surface area (TPSA) is 74.3 Å². The maximum absolute atomic E-state index is 13.0. The Morgan fingerprint density at radius 3 is 1.71 bits per heavy atom. The quantitative estimate of drug-likeness (QED) is 0.588. The normalized spacial score (nSPS) is 17.6. The molecule has 1 heterocycles. The van der Waals surface area contributed by atoms with Gasteiger partial charge in [-0.3, -0.25) is 0 Å². The molecule has 0 aromatic heterocycles. The maximum Gasteiger partial charge on any atom is 0.513 e. The lowest BCUT2D eigenvalue weighted by Crippen LogP contribution is -2.34. The molecule has 0 spiro atoms. The molecule has 1 aliphatic heterocycles. The fourth-order valence-corrected chi connectivity index (χ4v) is 3.60. The van der Waals surface area contributed by atoms with Crippen LogP contribution in [0.3, 0.4) is 0 Å². The molecule has 2 aliphatic rings. The Morgan fingerprint density at radius 1 is 0.903 bits per heavy atom. The van der Waals surface area contributed by atoms with E-state index in [4.69, 9.17) is 9.47 Å². The number of nitrogens with zero attached hydrogens (tertiary/aromatic N) is 1. The third kappa shape index (κ3) is 4.62.